The summed E-state index contributed by atoms with van der Waals surface area (Å²) in [5, 5.41) is 5.41. The number of benzene rings is 2. The first kappa shape index (κ1) is 26.9. The van der Waals surface area contributed by atoms with E-state index in [1.807, 2.05) is 6.92 Å². The zero-order valence-electron chi connectivity index (χ0n) is 19.7. The van der Waals surface area contributed by atoms with Crippen molar-refractivity contribution in [3.8, 4) is 11.5 Å². The van der Waals surface area contributed by atoms with E-state index in [2.05, 4.69) is 15.4 Å². The molecule has 0 aromatic heterocycles. The molecule has 3 N–H and O–H groups in total. The predicted octanol–water partition coefficient (Wildman–Crippen LogP) is 2.82. The normalized spacial score (nSPS) is 11.9. The Morgan fingerprint density at radius 1 is 0.971 bits per heavy atom. The summed E-state index contributed by atoms with van der Waals surface area (Å²) in [6.45, 7) is 2.17. The topological polar surface area (TPSA) is 132 Å². The number of unbranched alkanes of at least 4 members (excludes halogenated alkanes) is 1. The van der Waals surface area contributed by atoms with Crippen LogP contribution in [0.25, 0.3) is 0 Å². The number of hydrogen-bond donors (Lipinski definition) is 3. The molecule has 186 valence electrons. The lowest BCUT2D eigenvalue weighted by Gasteiger charge is -2.17. The maximum absolute atomic E-state index is 12.6. The number of rotatable bonds is 12. The van der Waals surface area contributed by atoms with Crippen molar-refractivity contribution in [2.75, 3.05) is 33.2 Å². The molecular weight excluding hydrogens is 462 g/mol. The first-order chi connectivity index (χ1) is 16.2. The Balaban J connectivity index is 1.85. The lowest BCUT2D eigenvalue weighted by molar-refractivity contribution is -0.142. The highest BCUT2D eigenvalue weighted by Gasteiger charge is 2.26. The highest BCUT2D eigenvalue weighted by Crippen LogP contribution is 2.28. The molecule has 1 unspecified atom stereocenters. The summed E-state index contributed by atoms with van der Waals surface area (Å²) in [4.78, 5) is 24.4. The number of amides is 2. The average Bonchev–Trinajstić information content (AvgIpc) is 2.82. The summed E-state index contributed by atoms with van der Waals surface area (Å²) in [5.41, 5.74) is 1.38. The fraction of sp³-hybridized carbons (Fsp3) is 0.391. The van der Waals surface area contributed by atoms with Crippen molar-refractivity contribution in [3.05, 3.63) is 48.0 Å². The Morgan fingerprint density at radius 2 is 1.68 bits per heavy atom. The number of carbonyl (C=O) groups excluding carboxylic acids is 2. The molecule has 0 aliphatic heterocycles. The van der Waals surface area contributed by atoms with Crippen LogP contribution in [0, 0.1) is 6.92 Å². The first-order valence-corrected chi connectivity index (χ1v) is 12.1. The highest BCUT2D eigenvalue weighted by atomic mass is 32.2. The Hall–Kier alpha value is -3.31. The average molecular weight is 494 g/mol. The van der Waals surface area contributed by atoms with Gasteiger partial charge in [0.25, 0.3) is 0 Å². The molecule has 34 heavy (non-hydrogen) atoms. The van der Waals surface area contributed by atoms with Crippen LogP contribution in [0.1, 0.15) is 24.8 Å². The third-order valence-corrected chi connectivity index (χ3v) is 6.46. The van der Waals surface area contributed by atoms with Crippen LogP contribution in [-0.4, -0.2) is 54.3 Å². The van der Waals surface area contributed by atoms with Gasteiger partial charge >= 0.3 is 12.0 Å². The second kappa shape index (κ2) is 12.8. The van der Waals surface area contributed by atoms with E-state index < -0.39 is 28.1 Å². The second-order valence-corrected chi connectivity index (χ2v) is 9.17. The van der Waals surface area contributed by atoms with E-state index in [9.17, 15) is 18.0 Å². The molecule has 0 bridgehead atoms. The van der Waals surface area contributed by atoms with Gasteiger partial charge in [0.15, 0.2) is 0 Å². The number of anilines is 1. The third kappa shape index (κ3) is 7.92. The summed E-state index contributed by atoms with van der Waals surface area (Å²) in [6.07, 6.45) is 1.20. The molecule has 0 radical (unpaired) electrons. The van der Waals surface area contributed by atoms with Crippen LogP contribution in [0.5, 0.6) is 11.5 Å². The summed E-state index contributed by atoms with van der Waals surface area (Å²) in [6, 6.07) is 9.88. The van der Waals surface area contributed by atoms with Gasteiger partial charge in [0, 0.05) is 12.6 Å². The molecule has 0 heterocycles. The van der Waals surface area contributed by atoms with Gasteiger partial charge in [-0.25, -0.2) is 13.2 Å². The van der Waals surface area contributed by atoms with Crippen LogP contribution < -0.4 is 24.8 Å². The number of ether oxygens (including phenoxy) is 3. The number of carbonyl (C=O) groups is 2. The van der Waals surface area contributed by atoms with Gasteiger partial charge in [0.2, 0.25) is 10.0 Å². The fourth-order valence-corrected chi connectivity index (χ4v) is 4.31. The van der Waals surface area contributed by atoms with E-state index in [0.29, 0.717) is 36.6 Å². The van der Waals surface area contributed by atoms with Crippen LogP contribution in [0.15, 0.2) is 47.4 Å². The maximum Gasteiger partial charge on any atom is 0.323 e. The SMILES string of the molecule is COC(=O)C(CCCCNC(=O)Nc1cc(OC)ccc1OC)NS(=O)(=O)c1ccc(C)cc1. The van der Waals surface area contributed by atoms with Crippen LogP contribution in [0.2, 0.25) is 0 Å². The van der Waals surface area contributed by atoms with E-state index in [1.165, 1.54) is 33.5 Å². The third-order valence-electron chi connectivity index (χ3n) is 4.97. The molecule has 0 saturated heterocycles. The number of methoxy groups -OCH3 is 3. The van der Waals surface area contributed by atoms with E-state index in [4.69, 9.17) is 14.2 Å². The molecule has 11 heteroatoms. The molecule has 2 amide bonds. The van der Waals surface area contributed by atoms with Gasteiger partial charge in [-0.05, 0) is 50.5 Å². The molecule has 2 aromatic rings. The van der Waals surface area contributed by atoms with Crippen molar-refractivity contribution in [2.24, 2.45) is 0 Å². The number of urea groups is 1. The van der Waals surface area contributed by atoms with Crippen molar-refractivity contribution in [2.45, 2.75) is 37.1 Å². The van der Waals surface area contributed by atoms with Gasteiger partial charge in [-0.2, -0.15) is 4.72 Å². The van der Waals surface area contributed by atoms with E-state index in [1.54, 1.807) is 30.3 Å². The molecule has 0 fully saturated rings. The minimum Gasteiger partial charge on any atom is -0.497 e. The fourth-order valence-electron chi connectivity index (χ4n) is 3.09. The van der Waals surface area contributed by atoms with Crippen LogP contribution in [0.4, 0.5) is 10.5 Å². The zero-order valence-corrected chi connectivity index (χ0v) is 20.5. The Labute approximate surface area is 200 Å². The van der Waals surface area contributed by atoms with Crippen molar-refractivity contribution in [3.63, 3.8) is 0 Å². The highest BCUT2D eigenvalue weighted by molar-refractivity contribution is 7.89. The van der Waals surface area contributed by atoms with Gasteiger partial charge in [0.05, 0.1) is 31.9 Å². The smallest absolute Gasteiger partial charge is 0.323 e. The predicted molar refractivity (Wildman–Crippen MR) is 128 cm³/mol. The number of hydrogen-bond acceptors (Lipinski definition) is 7. The number of aryl methyl sites for hydroxylation is 1. The van der Waals surface area contributed by atoms with Gasteiger partial charge in [0.1, 0.15) is 17.5 Å². The summed E-state index contributed by atoms with van der Waals surface area (Å²) < 4.78 is 42.8. The summed E-state index contributed by atoms with van der Waals surface area (Å²) >= 11 is 0. The maximum atomic E-state index is 12.6. The molecule has 0 saturated carbocycles. The summed E-state index contributed by atoms with van der Waals surface area (Å²) in [5.74, 6) is 0.377. The van der Waals surface area contributed by atoms with Crippen molar-refractivity contribution in [1.82, 2.24) is 10.0 Å². The number of esters is 1. The van der Waals surface area contributed by atoms with Crippen molar-refractivity contribution in [1.29, 1.82) is 0 Å². The Morgan fingerprint density at radius 3 is 2.29 bits per heavy atom. The van der Waals surface area contributed by atoms with E-state index in [-0.39, 0.29) is 11.3 Å². The van der Waals surface area contributed by atoms with Crippen LogP contribution in [-0.2, 0) is 19.6 Å². The van der Waals surface area contributed by atoms with Crippen molar-refractivity contribution < 1.29 is 32.2 Å². The Bertz CT molecular complexity index is 1070. The molecule has 0 aliphatic carbocycles. The molecule has 2 aromatic carbocycles. The monoisotopic (exact) mass is 493 g/mol. The first-order valence-electron chi connectivity index (χ1n) is 10.6. The quantitative estimate of drug-likeness (QED) is 0.306. The van der Waals surface area contributed by atoms with Crippen LogP contribution >= 0.6 is 0 Å². The lowest BCUT2D eigenvalue weighted by atomic mass is 10.1. The van der Waals surface area contributed by atoms with E-state index >= 15 is 0 Å². The van der Waals surface area contributed by atoms with Gasteiger partial charge in [-0.1, -0.05) is 17.7 Å². The van der Waals surface area contributed by atoms with Gasteiger partial charge in [-0.3, -0.25) is 4.79 Å². The molecular formula is C23H31N3O7S. The molecule has 0 spiro atoms. The molecule has 2 rings (SSSR count). The van der Waals surface area contributed by atoms with E-state index in [0.717, 1.165) is 5.56 Å². The minimum atomic E-state index is -3.89. The largest absolute Gasteiger partial charge is 0.497 e. The van der Waals surface area contributed by atoms with Crippen LogP contribution in [0.3, 0.4) is 0 Å². The molecule has 10 nitrogen and oxygen atoms in total. The number of sulfonamides is 1. The Kier molecular flexibility index (Phi) is 10.1. The molecule has 1 atom stereocenters. The van der Waals surface area contributed by atoms with Gasteiger partial charge in [-0.15, -0.1) is 0 Å². The lowest BCUT2D eigenvalue weighted by Crippen LogP contribution is -2.41. The molecule has 0 aliphatic rings. The number of nitrogens with one attached hydrogen (secondary N) is 3. The standard InChI is InChI=1S/C23H31N3O7S/c1-16-8-11-18(12-9-16)34(29,30)26-19(22(27)33-4)7-5-6-14-24-23(28)25-20-15-17(31-2)10-13-21(20)32-3/h8-13,15,19,26H,5-7,14H2,1-4H3,(H2,24,25,28). The minimum absolute atomic E-state index is 0.0679. The zero-order chi connectivity index (χ0) is 25.1. The van der Waals surface area contributed by atoms with Gasteiger partial charge < -0.3 is 24.8 Å². The summed E-state index contributed by atoms with van der Waals surface area (Å²) in [7, 11) is 0.333. The van der Waals surface area contributed by atoms with Crippen molar-refractivity contribution >= 4 is 27.7 Å². The second-order valence-electron chi connectivity index (χ2n) is 7.45.